The zero-order valence-electron chi connectivity index (χ0n) is 14.3. The lowest BCUT2D eigenvalue weighted by atomic mass is 10.1. The molecule has 0 unspecified atom stereocenters. The molecular weight excluding hydrogens is 369 g/mol. The van der Waals surface area contributed by atoms with Crippen LogP contribution in [0.3, 0.4) is 0 Å². The number of hydrogen-bond donors (Lipinski definition) is 2. The van der Waals surface area contributed by atoms with E-state index >= 15 is 0 Å². The van der Waals surface area contributed by atoms with E-state index in [1.807, 2.05) is 30.3 Å². The van der Waals surface area contributed by atoms with Crippen molar-refractivity contribution in [3.05, 3.63) is 72.6 Å². The molecule has 2 aromatic heterocycles. The van der Waals surface area contributed by atoms with E-state index in [9.17, 15) is 13.2 Å². The van der Waals surface area contributed by atoms with E-state index in [1.54, 1.807) is 6.20 Å². The Bertz CT molecular complexity index is 1120. The highest BCUT2D eigenvalue weighted by Gasteiger charge is 2.33. The number of halogens is 3. The number of hydrogen-bond acceptors (Lipinski definition) is 6. The van der Waals surface area contributed by atoms with Gasteiger partial charge in [0.1, 0.15) is 0 Å². The minimum atomic E-state index is -4.50. The van der Waals surface area contributed by atoms with Gasteiger partial charge in [0.05, 0.1) is 28.7 Å². The van der Waals surface area contributed by atoms with E-state index in [0.29, 0.717) is 11.5 Å². The van der Waals surface area contributed by atoms with Gasteiger partial charge in [-0.1, -0.05) is 30.3 Å². The van der Waals surface area contributed by atoms with E-state index in [1.165, 1.54) is 24.4 Å². The van der Waals surface area contributed by atoms with Crippen molar-refractivity contribution in [3.8, 4) is 0 Å². The fraction of sp³-hybridized carbons (Fsp3) is 0.0526. The first kappa shape index (κ1) is 17.7. The van der Waals surface area contributed by atoms with Gasteiger partial charge in [0.15, 0.2) is 5.82 Å². The van der Waals surface area contributed by atoms with Crippen LogP contribution < -0.4 is 10.6 Å². The average molecular weight is 382 g/mol. The van der Waals surface area contributed by atoms with E-state index in [4.69, 9.17) is 0 Å². The SMILES string of the molecule is FC(F)(F)c1ccccc1Nc1nncc(Nc2cccc3cccnc23)n1. The molecule has 0 aliphatic carbocycles. The maximum absolute atomic E-state index is 13.2. The predicted octanol–water partition coefficient (Wildman–Crippen LogP) is 4.93. The van der Waals surface area contributed by atoms with Crippen molar-refractivity contribution >= 4 is 34.0 Å². The molecule has 0 saturated heterocycles. The molecular formula is C19H13F3N6. The highest BCUT2D eigenvalue weighted by molar-refractivity contribution is 5.91. The Hall–Kier alpha value is -3.75. The van der Waals surface area contributed by atoms with Crippen LogP contribution in [0.5, 0.6) is 0 Å². The number of pyridine rings is 1. The summed E-state index contributed by atoms with van der Waals surface area (Å²) in [7, 11) is 0. The number of nitrogens with zero attached hydrogens (tertiary/aromatic N) is 4. The van der Waals surface area contributed by atoms with Gasteiger partial charge in [0.25, 0.3) is 0 Å². The average Bonchev–Trinajstić information content (AvgIpc) is 2.68. The summed E-state index contributed by atoms with van der Waals surface area (Å²) < 4.78 is 39.5. The monoisotopic (exact) mass is 382 g/mol. The van der Waals surface area contributed by atoms with Crippen LogP contribution in [0.4, 0.5) is 36.3 Å². The normalized spacial score (nSPS) is 11.4. The molecule has 0 bridgehead atoms. The van der Waals surface area contributed by atoms with Gasteiger partial charge < -0.3 is 10.6 Å². The molecule has 2 aromatic carbocycles. The van der Waals surface area contributed by atoms with Crippen LogP contribution in [0, 0.1) is 0 Å². The third-order valence-electron chi connectivity index (χ3n) is 3.93. The maximum Gasteiger partial charge on any atom is 0.418 e. The maximum atomic E-state index is 13.2. The summed E-state index contributed by atoms with van der Waals surface area (Å²) in [6.45, 7) is 0. The van der Waals surface area contributed by atoms with E-state index < -0.39 is 11.7 Å². The smallest absolute Gasteiger partial charge is 0.337 e. The first-order valence-corrected chi connectivity index (χ1v) is 8.24. The van der Waals surface area contributed by atoms with Crippen molar-refractivity contribution in [1.82, 2.24) is 20.2 Å². The number of rotatable bonds is 4. The van der Waals surface area contributed by atoms with Crippen LogP contribution in [0.1, 0.15) is 5.56 Å². The van der Waals surface area contributed by atoms with Gasteiger partial charge in [-0.15, -0.1) is 5.10 Å². The summed E-state index contributed by atoms with van der Waals surface area (Å²) in [4.78, 5) is 8.54. The Balaban J connectivity index is 1.63. The van der Waals surface area contributed by atoms with Crippen LogP contribution in [0.15, 0.2) is 67.0 Å². The minimum Gasteiger partial charge on any atom is -0.337 e. The van der Waals surface area contributed by atoms with Gasteiger partial charge in [-0.05, 0) is 24.3 Å². The van der Waals surface area contributed by atoms with Gasteiger partial charge >= 0.3 is 6.18 Å². The highest BCUT2D eigenvalue weighted by atomic mass is 19.4. The summed E-state index contributed by atoms with van der Waals surface area (Å²) in [6, 6.07) is 14.5. The fourth-order valence-electron chi connectivity index (χ4n) is 2.72. The first-order valence-electron chi connectivity index (χ1n) is 8.24. The number of para-hydroxylation sites is 2. The molecule has 4 rings (SSSR count). The van der Waals surface area contributed by atoms with Crippen molar-refractivity contribution in [2.75, 3.05) is 10.6 Å². The second-order valence-corrected chi connectivity index (χ2v) is 5.84. The van der Waals surface area contributed by atoms with Crippen LogP contribution in [-0.4, -0.2) is 20.2 Å². The van der Waals surface area contributed by atoms with E-state index in [2.05, 4.69) is 30.8 Å². The number of alkyl halides is 3. The minimum absolute atomic E-state index is 0.0603. The quantitative estimate of drug-likeness (QED) is 0.521. The molecule has 0 aliphatic heterocycles. The Labute approximate surface area is 157 Å². The topological polar surface area (TPSA) is 75.6 Å². The molecule has 0 amide bonds. The lowest BCUT2D eigenvalue weighted by Gasteiger charge is -2.13. The standard InChI is InChI=1S/C19H13F3N6/c20-19(21,22)13-7-1-2-8-14(13)26-18-27-16(11-24-28-18)25-15-9-3-5-12-6-4-10-23-17(12)15/h1-11H,(H2,25,26,27,28). The summed E-state index contributed by atoms with van der Waals surface area (Å²) >= 11 is 0. The number of benzene rings is 2. The molecule has 6 nitrogen and oxygen atoms in total. The van der Waals surface area contributed by atoms with Crippen molar-refractivity contribution in [1.29, 1.82) is 0 Å². The van der Waals surface area contributed by atoms with E-state index in [0.717, 1.165) is 17.0 Å². The zero-order valence-corrected chi connectivity index (χ0v) is 14.3. The molecule has 0 fully saturated rings. The molecule has 0 spiro atoms. The largest absolute Gasteiger partial charge is 0.418 e. The molecule has 4 aromatic rings. The van der Waals surface area contributed by atoms with Gasteiger partial charge in [0.2, 0.25) is 5.95 Å². The zero-order chi connectivity index (χ0) is 19.6. The molecule has 9 heteroatoms. The number of fused-ring (bicyclic) bond motifs is 1. The summed E-state index contributed by atoms with van der Waals surface area (Å²) in [6.07, 6.45) is -1.45. The Kier molecular flexibility index (Phi) is 4.48. The molecule has 0 atom stereocenters. The molecule has 2 N–H and O–H groups in total. The second-order valence-electron chi connectivity index (χ2n) is 5.84. The third-order valence-corrected chi connectivity index (χ3v) is 3.93. The molecule has 28 heavy (non-hydrogen) atoms. The number of nitrogens with one attached hydrogen (secondary N) is 2. The lowest BCUT2D eigenvalue weighted by molar-refractivity contribution is -0.136. The highest BCUT2D eigenvalue weighted by Crippen LogP contribution is 2.35. The van der Waals surface area contributed by atoms with Crippen molar-refractivity contribution in [2.45, 2.75) is 6.18 Å². The summed E-state index contributed by atoms with van der Waals surface area (Å²) in [5.41, 5.74) is 0.469. The lowest BCUT2D eigenvalue weighted by Crippen LogP contribution is -2.10. The third kappa shape index (κ3) is 3.68. The second kappa shape index (κ2) is 7.10. The molecule has 0 aliphatic rings. The number of anilines is 4. The van der Waals surface area contributed by atoms with Crippen molar-refractivity contribution in [3.63, 3.8) is 0 Å². The van der Waals surface area contributed by atoms with Gasteiger partial charge in [-0.2, -0.15) is 23.3 Å². The molecule has 2 heterocycles. The Morgan fingerprint density at radius 3 is 2.46 bits per heavy atom. The predicted molar refractivity (Wildman–Crippen MR) is 99.6 cm³/mol. The fourth-order valence-corrected chi connectivity index (χ4v) is 2.72. The Morgan fingerprint density at radius 1 is 0.821 bits per heavy atom. The molecule has 0 radical (unpaired) electrons. The van der Waals surface area contributed by atoms with Crippen LogP contribution in [0.2, 0.25) is 0 Å². The van der Waals surface area contributed by atoms with Crippen molar-refractivity contribution < 1.29 is 13.2 Å². The van der Waals surface area contributed by atoms with E-state index in [-0.39, 0.29) is 11.6 Å². The molecule has 0 saturated carbocycles. The van der Waals surface area contributed by atoms with Crippen LogP contribution >= 0.6 is 0 Å². The van der Waals surface area contributed by atoms with Gasteiger partial charge in [-0.25, -0.2) is 0 Å². The van der Waals surface area contributed by atoms with Crippen LogP contribution in [-0.2, 0) is 6.18 Å². The number of aromatic nitrogens is 4. The molecule has 140 valence electrons. The summed E-state index contributed by atoms with van der Waals surface area (Å²) in [5, 5.41) is 14.2. The van der Waals surface area contributed by atoms with Crippen molar-refractivity contribution in [2.24, 2.45) is 0 Å². The summed E-state index contributed by atoms with van der Waals surface area (Å²) in [5.74, 6) is 0.259. The van der Waals surface area contributed by atoms with Gasteiger partial charge in [-0.3, -0.25) is 4.98 Å². The Morgan fingerprint density at radius 2 is 1.61 bits per heavy atom. The van der Waals surface area contributed by atoms with Gasteiger partial charge in [0, 0.05) is 11.6 Å². The van der Waals surface area contributed by atoms with Crippen LogP contribution in [0.25, 0.3) is 10.9 Å². The first-order chi connectivity index (χ1) is 13.5.